The number of imide groups is 1. The Morgan fingerprint density at radius 1 is 1.53 bits per heavy atom. The maximum atomic E-state index is 11.8. The number of carbonyl (C=O) groups is 2. The van der Waals surface area contributed by atoms with Crippen molar-refractivity contribution in [1.29, 1.82) is 5.26 Å². The van der Waals surface area contributed by atoms with Gasteiger partial charge in [-0.2, -0.15) is 5.26 Å². The standard InChI is InChI=1S/C13H14N4O2/c1-3-13(2)11(18)16-12(19)17(13)8-9-4-5-15-10(6-9)7-14/h4-6H,3,8H2,1-2H3,(H,16,18,19). The molecule has 0 radical (unpaired) electrons. The zero-order chi connectivity index (χ0) is 14.0. The third kappa shape index (κ3) is 2.15. The minimum absolute atomic E-state index is 0.277. The van der Waals surface area contributed by atoms with E-state index in [4.69, 9.17) is 5.26 Å². The van der Waals surface area contributed by atoms with Crippen LogP contribution in [-0.2, 0) is 11.3 Å². The Bertz CT molecular complexity index is 578. The molecule has 3 amide bonds. The fourth-order valence-corrected chi connectivity index (χ4v) is 2.06. The predicted molar refractivity (Wildman–Crippen MR) is 66.7 cm³/mol. The maximum Gasteiger partial charge on any atom is 0.325 e. The number of pyridine rings is 1. The Morgan fingerprint density at radius 3 is 2.89 bits per heavy atom. The lowest BCUT2D eigenvalue weighted by atomic mass is 9.97. The number of urea groups is 1. The molecule has 19 heavy (non-hydrogen) atoms. The van der Waals surface area contributed by atoms with E-state index >= 15 is 0 Å². The molecule has 1 aliphatic heterocycles. The minimum Gasteiger partial charge on any atom is -0.306 e. The first kappa shape index (κ1) is 13.0. The van der Waals surface area contributed by atoms with Gasteiger partial charge in [-0.25, -0.2) is 9.78 Å². The Kier molecular flexibility index (Phi) is 3.21. The van der Waals surface area contributed by atoms with E-state index in [0.717, 1.165) is 5.56 Å². The topological polar surface area (TPSA) is 86.1 Å². The Balaban J connectivity index is 2.29. The molecule has 6 nitrogen and oxygen atoms in total. The first-order chi connectivity index (χ1) is 9.01. The lowest BCUT2D eigenvalue weighted by Gasteiger charge is -2.30. The van der Waals surface area contributed by atoms with Crippen molar-refractivity contribution in [1.82, 2.24) is 15.2 Å². The molecule has 2 rings (SSSR count). The number of amides is 3. The molecule has 0 aliphatic carbocycles. The van der Waals surface area contributed by atoms with E-state index in [9.17, 15) is 9.59 Å². The van der Waals surface area contributed by atoms with Crippen LogP contribution in [0.4, 0.5) is 4.79 Å². The number of hydrogen-bond donors (Lipinski definition) is 1. The van der Waals surface area contributed by atoms with Gasteiger partial charge in [-0.15, -0.1) is 0 Å². The third-order valence-electron chi connectivity index (χ3n) is 3.52. The van der Waals surface area contributed by atoms with Gasteiger partial charge >= 0.3 is 6.03 Å². The average molecular weight is 258 g/mol. The van der Waals surface area contributed by atoms with Crippen LogP contribution < -0.4 is 5.32 Å². The second kappa shape index (κ2) is 4.69. The quantitative estimate of drug-likeness (QED) is 0.825. The highest BCUT2D eigenvalue weighted by Crippen LogP contribution is 2.27. The summed E-state index contributed by atoms with van der Waals surface area (Å²) in [5.41, 5.74) is 0.227. The number of aromatic nitrogens is 1. The predicted octanol–water partition coefficient (Wildman–Crippen LogP) is 1.17. The third-order valence-corrected chi connectivity index (χ3v) is 3.52. The number of rotatable bonds is 3. The molecule has 1 aromatic heterocycles. The summed E-state index contributed by atoms with van der Waals surface area (Å²) in [5.74, 6) is -0.283. The Morgan fingerprint density at radius 2 is 2.26 bits per heavy atom. The molecule has 1 fully saturated rings. The maximum absolute atomic E-state index is 11.8. The average Bonchev–Trinajstić information content (AvgIpc) is 2.63. The van der Waals surface area contributed by atoms with Crippen LogP contribution in [0, 0.1) is 11.3 Å². The molecule has 0 bridgehead atoms. The fourth-order valence-electron chi connectivity index (χ4n) is 2.06. The summed E-state index contributed by atoms with van der Waals surface area (Å²) in [5, 5.41) is 11.1. The Hall–Kier alpha value is -2.42. The van der Waals surface area contributed by atoms with Gasteiger partial charge in [-0.05, 0) is 31.0 Å². The zero-order valence-corrected chi connectivity index (χ0v) is 10.8. The highest BCUT2D eigenvalue weighted by atomic mass is 16.2. The molecular weight excluding hydrogens is 244 g/mol. The molecule has 2 heterocycles. The van der Waals surface area contributed by atoms with Crippen molar-refractivity contribution in [2.24, 2.45) is 0 Å². The fraction of sp³-hybridized carbons (Fsp3) is 0.385. The minimum atomic E-state index is -0.840. The van der Waals surface area contributed by atoms with E-state index in [2.05, 4.69) is 10.3 Å². The van der Waals surface area contributed by atoms with E-state index in [-0.39, 0.29) is 12.5 Å². The van der Waals surface area contributed by atoms with Crippen molar-refractivity contribution in [2.75, 3.05) is 0 Å². The summed E-state index contributed by atoms with van der Waals surface area (Å²) < 4.78 is 0. The lowest BCUT2D eigenvalue weighted by Crippen LogP contribution is -2.45. The summed E-state index contributed by atoms with van der Waals surface area (Å²) >= 11 is 0. The van der Waals surface area contributed by atoms with Gasteiger partial charge in [-0.1, -0.05) is 6.92 Å². The molecule has 0 saturated carbocycles. The monoisotopic (exact) mass is 258 g/mol. The van der Waals surface area contributed by atoms with Gasteiger partial charge in [0.1, 0.15) is 17.3 Å². The molecule has 6 heteroatoms. The van der Waals surface area contributed by atoms with E-state index < -0.39 is 11.6 Å². The van der Waals surface area contributed by atoms with E-state index in [1.54, 1.807) is 19.1 Å². The molecule has 1 N–H and O–H groups in total. The Labute approximate surface area is 111 Å². The van der Waals surface area contributed by atoms with Gasteiger partial charge in [0.2, 0.25) is 0 Å². The normalized spacial score (nSPS) is 22.3. The van der Waals surface area contributed by atoms with Crippen molar-refractivity contribution in [3.63, 3.8) is 0 Å². The van der Waals surface area contributed by atoms with Gasteiger partial charge in [0.25, 0.3) is 5.91 Å². The number of nitriles is 1. The van der Waals surface area contributed by atoms with Crippen molar-refractivity contribution in [3.8, 4) is 6.07 Å². The zero-order valence-electron chi connectivity index (χ0n) is 10.8. The molecule has 1 saturated heterocycles. The first-order valence-corrected chi connectivity index (χ1v) is 5.99. The molecule has 0 aromatic carbocycles. The summed E-state index contributed by atoms with van der Waals surface area (Å²) in [6.07, 6.45) is 2.05. The molecule has 1 atom stereocenters. The number of hydrogen-bond acceptors (Lipinski definition) is 4. The summed E-state index contributed by atoms with van der Waals surface area (Å²) in [4.78, 5) is 29.0. The lowest BCUT2D eigenvalue weighted by molar-refractivity contribution is -0.126. The smallest absolute Gasteiger partial charge is 0.306 e. The molecule has 1 aliphatic rings. The number of nitrogens with zero attached hydrogens (tertiary/aromatic N) is 3. The van der Waals surface area contributed by atoms with Crippen LogP contribution in [0.3, 0.4) is 0 Å². The van der Waals surface area contributed by atoms with Crippen LogP contribution in [0.5, 0.6) is 0 Å². The van der Waals surface area contributed by atoms with Crippen LogP contribution in [0.25, 0.3) is 0 Å². The van der Waals surface area contributed by atoms with E-state index in [1.165, 1.54) is 11.1 Å². The second-order valence-electron chi connectivity index (χ2n) is 4.63. The highest BCUT2D eigenvalue weighted by molar-refractivity contribution is 6.06. The van der Waals surface area contributed by atoms with Crippen molar-refractivity contribution >= 4 is 11.9 Å². The van der Waals surface area contributed by atoms with Gasteiger partial charge in [-0.3, -0.25) is 10.1 Å². The van der Waals surface area contributed by atoms with Crippen molar-refractivity contribution in [3.05, 3.63) is 29.6 Å². The van der Waals surface area contributed by atoms with Gasteiger partial charge in [0.05, 0.1) is 0 Å². The van der Waals surface area contributed by atoms with Crippen LogP contribution in [0.1, 0.15) is 31.5 Å². The van der Waals surface area contributed by atoms with Crippen molar-refractivity contribution < 1.29 is 9.59 Å². The molecular formula is C13H14N4O2. The second-order valence-corrected chi connectivity index (χ2v) is 4.63. The summed E-state index contributed by atoms with van der Waals surface area (Å²) in [6, 6.07) is 4.90. The molecule has 1 aromatic rings. The van der Waals surface area contributed by atoms with Gasteiger partial charge in [0.15, 0.2) is 0 Å². The largest absolute Gasteiger partial charge is 0.325 e. The van der Waals surface area contributed by atoms with Crippen LogP contribution in [0.15, 0.2) is 18.3 Å². The highest BCUT2D eigenvalue weighted by Gasteiger charge is 2.47. The van der Waals surface area contributed by atoms with Gasteiger partial charge in [0, 0.05) is 12.7 Å². The number of carbonyl (C=O) groups excluding carboxylic acids is 2. The molecule has 1 unspecified atom stereocenters. The van der Waals surface area contributed by atoms with Crippen LogP contribution in [0.2, 0.25) is 0 Å². The molecule has 98 valence electrons. The van der Waals surface area contributed by atoms with E-state index in [1.807, 2.05) is 13.0 Å². The number of nitrogens with one attached hydrogen (secondary N) is 1. The first-order valence-electron chi connectivity index (χ1n) is 5.99. The van der Waals surface area contributed by atoms with Crippen LogP contribution in [-0.4, -0.2) is 27.4 Å². The SMILES string of the molecule is CCC1(C)C(=O)NC(=O)N1Cc1ccnc(C#N)c1. The van der Waals surface area contributed by atoms with E-state index in [0.29, 0.717) is 12.1 Å². The van der Waals surface area contributed by atoms with Gasteiger partial charge < -0.3 is 4.90 Å². The van der Waals surface area contributed by atoms with Crippen molar-refractivity contribution in [2.45, 2.75) is 32.4 Å². The summed E-state index contributed by atoms with van der Waals surface area (Å²) in [7, 11) is 0. The molecule has 0 spiro atoms. The van der Waals surface area contributed by atoms with Crippen LogP contribution >= 0.6 is 0 Å². The summed E-state index contributed by atoms with van der Waals surface area (Å²) in [6.45, 7) is 3.87.